The van der Waals surface area contributed by atoms with Gasteiger partial charge in [0.1, 0.15) is 0 Å². The Balaban J connectivity index is 2.85. The van der Waals surface area contributed by atoms with E-state index in [4.69, 9.17) is 10.8 Å². The van der Waals surface area contributed by atoms with Gasteiger partial charge in [-0.2, -0.15) is 5.01 Å². The highest BCUT2D eigenvalue weighted by atomic mass is 16.4. The van der Waals surface area contributed by atoms with Gasteiger partial charge in [-0.15, -0.1) is 0 Å². The maximum atomic E-state index is 10.6. The van der Waals surface area contributed by atoms with Crippen LogP contribution in [0.4, 0.5) is 9.59 Å². The van der Waals surface area contributed by atoms with Crippen LogP contribution in [0, 0.1) is 0 Å². The summed E-state index contributed by atoms with van der Waals surface area (Å²) in [6.45, 7) is 0. The topological polar surface area (TPSA) is 86.9 Å². The quantitative estimate of drug-likeness (QED) is 0.546. The summed E-state index contributed by atoms with van der Waals surface area (Å²) in [5.41, 5.74) is 4.89. The van der Waals surface area contributed by atoms with Crippen molar-refractivity contribution in [2.24, 2.45) is 5.73 Å². The highest BCUT2D eigenvalue weighted by Crippen LogP contribution is 2.05. The summed E-state index contributed by atoms with van der Waals surface area (Å²) in [6, 6.07) is -0.849. The first-order valence-electron chi connectivity index (χ1n) is 3.08. The molecule has 0 radical (unpaired) electrons. The van der Waals surface area contributed by atoms with Crippen LogP contribution in [0.1, 0.15) is 0 Å². The average molecular weight is 169 g/mol. The number of nitrogens with two attached hydrogens (primary N) is 1. The number of urea groups is 1. The summed E-state index contributed by atoms with van der Waals surface area (Å²) < 4.78 is 0. The zero-order chi connectivity index (χ0) is 9.14. The van der Waals surface area contributed by atoms with Gasteiger partial charge in [-0.25, -0.2) is 14.6 Å². The van der Waals surface area contributed by atoms with Crippen LogP contribution >= 0.6 is 0 Å². The minimum Gasteiger partial charge on any atom is -0.463 e. The molecule has 0 aliphatic carbocycles. The smallest absolute Gasteiger partial charge is 0.431 e. The molecule has 0 unspecified atom stereocenters. The van der Waals surface area contributed by atoms with Crippen molar-refractivity contribution in [1.82, 2.24) is 10.0 Å². The monoisotopic (exact) mass is 169 g/mol. The van der Waals surface area contributed by atoms with Gasteiger partial charge in [-0.05, 0) is 12.2 Å². The number of allylic oxidation sites excluding steroid dienone is 2. The van der Waals surface area contributed by atoms with Gasteiger partial charge in [-0.1, -0.05) is 0 Å². The highest BCUT2D eigenvalue weighted by molar-refractivity contribution is 5.77. The van der Waals surface area contributed by atoms with Crippen molar-refractivity contribution in [1.29, 1.82) is 0 Å². The van der Waals surface area contributed by atoms with Crippen LogP contribution in [0.15, 0.2) is 24.6 Å². The lowest BCUT2D eigenvalue weighted by atomic mass is 10.5. The first-order valence-corrected chi connectivity index (χ1v) is 3.08. The fraction of sp³-hybridized carbons (Fsp3) is 0. The van der Waals surface area contributed by atoms with Crippen molar-refractivity contribution in [3.05, 3.63) is 24.6 Å². The van der Waals surface area contributed by atoms with Crippen LogP contribution < -0.4 is 5.73 Å². The molecule has 0 atom stereocenters. The molecule has 3 N–H and O–H groups in total. The molecule has 1 aliphatic heterocycles. The Bertz CT molecular complexity index is 243. The highest BCUT2D eigenvalue weighted by Gasteiger charge is 2.20. The van der Waals surface area contributed by atoms with Gasteiger partial charge in [0.15, 0.2) is 0 Å². The minimum absolute atomic E-state index is 0.683. The van der Waals surface area contributed by atoms with E-state index < -0.39 is 12.1 Å². The standard InChI is InChI=1S/C6H7N3O3/c7-5(10)8-3-1-2-4-9(8)6(11)12/h1-4H,(H2,7,10)(H,11,12). The predicted octanol–water partition coefficient (Wildman–Crippen LogP) is 0.303. The Labute approximate surface area is 68.1 Å². The van der Waals surface area contributed by atoms with E-state index >= 15 is 0 Å². The zero-order valence-electron chi connectivity index (χ0n) is 6.04. The van der Waals surface area contributed by atoms with Crippen molar-refractivity contribution >= 4 is 12.1 Å². The summed E-state index contributed by atoms with van der Waals surface area (Å²) in [5, 5.41) is 10.0. The third-order valence-corrected chi connectivity index (χ3v) is 1.22. The fourth-order valence-electron chi connectivity index (χ4n) is 0.742. The van der Waals surface area contributed by atoms with Crippen molar-refractivity contribution in [3.63, 3.8) is 0 Å². The third-order valence-electron chi connectivity index (χ3n) is 1.22. The molecule has 1 rings (SSSR count). The Hall–Kier alpha value is -1.98. The van der Waals surface area contributed by atoms with Crippen LogP contribution in [-0.2, 0) is 0 Å². The van der Waals surface area contributed by atoms with E-state index in [1.54, 1.807) is 0 Å². The largest absolute Gasteiger partial charge is 0.463 e. The van der Waals surface area contributed by atoms with E-state index in [1.165, 1.54) is 24.6 Å². The molecule has 0 aromatic heterocycles. The van der Waals surface area contributed by atoms with Crippen LogP contribution in [0.3, 0.4) is 0 Å². The van der Waals surface area contributed by atoms with E-state index in [0.29, 0.717) is 5.01 Å². The number of nitrogens with zero attached hydrogens (tertiary/aromatic N) is 2. The number of carbonyl (C=O) groups excluding carboxylic acids is 1. The summed E-state index contributed by atoms with van der Waals surface area (Å²) >= 11 is 0. The molecule has 64 valence electrons. The van der Waals surface area contributed by atoms with E-state index in [2.05, 4.69) is 0 Å². The number of amides is 3. The van der Waals surface area contributed by atoms with E-state index in [1.807, 2.05) is 0 Å². The Morgan fingerprint density at radius 1 is 1.17 bits per heavy atom. The molecule has 1 heterocycles. The molecule has 0 bridgehead atoms. The second-order valence-corrected chi connectivity index (χ2v) is 1.99. The van der Waals surface area contributed by atoms with E-state index in [0.717, 1.165) is 5.01 Å². The van der Waals surface area contributed by atoms with E-state index in [9.17, 15) is 9.59 Å². The van der Waals surface area contributed by atoms with Crippen LogP contribution in [0.5, 0.6) is 0 Å². The maximum Gasteiger partial charge on any atom is 0.431 e. The summed E-state index contributed by atoms with van der Waals surface area (Å²) in [5.74, 6) is 0. The van der Waals surface area contributed by atoms with Crippen LogP contribution in [0.2, 0.25) is 0 Å². The Kier molecular flexibility index (Phi) is 2.00. The molecular weight excluding hydrogens is 162 g/mol. The summed E-state index contributed by atoms with van der Waals surface area (Å²) in [7, 11) is 0. The first-order chi connectivity index (χ1) is 5.63. The minimum atomic E-state index is -1.27. The first kappa shape index (κ1) is 8.12. The van der Waals surface area contributed by atoms with Crippen molar-refractivity contribution in [2.45, 2.75) is 0 Å². The van der Waals surface area contributed by atoms with Crippen LogP contribution in [-0.4, -0.2) is 27.2 Å². The molecule has 0 fully saturated rings. The number of hydrogen-bond acceptors (Lipinski definition) is 2. The number of carboxylic acid groups (broad SMARTS) is 1. The van der Waals surface area contributed by atoms with Gasteiger partial charge in [-0.3, -0.25) is 0 Å². The average Bonchev–Trinajstić information content (AvgIpc) is 2.04. The molecule has 12 heavy (non-hydrogen) atoms. The number of hydrazine groups is 1. The van der Waals surface area contributed by atoms with Gasteiger partial charge in [0.05, 0.1) is 0 Å². The van der Waals surface area contributed by atoms with Crippen molar-refractivity contribution < 1.29 is 14.7 Å². The van der Waals surface area contributed by atoms with E-state index in [-0.39, 0.29) is 0 Å². The summed E-state index contributed by atoms with van der Waals surface area (Å²) in [4.78, 5) is 21.1. The number of hydrogen-bond donors (Lipinski definition) is 2. The summed E-state index contributed by atoms with van der Waals surface area (Å²) in [6.07, 6.45) is 4.19. The fourth-order valence-corrected chi connectivity index (χ4v) is 0.742. The van der Waals surface area contributed by atoms with Crippen LogP contribution in [0.25, 0.3) is 0 Å². The molecule has 0 saturated carbocycles. The van der Waals surface area contributed by atoms with Gasteiger partial charge >= 0.3 is 12.1 Å². The van der Waals surface area contributed by atoms with Gasteiger partial charge < -0.3 is 10.8 Å². The number of rotatable bonds is 0. The van der Waals surface area contributed by atoms with Gasteiger partial charge in [0.25, 0.3) is 0 Å². The lowest BCUT2D eigenvalue weighted by Crippen LogP contribution is -2.46. The number of primary amides is 1. The lowest BCUT2D eigenvalue weighted by molar-refractivity contribution is 0.0867. The van der Waals surface area contributed by atoms with Crippen molar-refractivity contribution in [2.75, 3.05) is 0 Å². The Morgan fingerprint density at radius 3 is 2.00 bits per heavy atom. The lowest BCUT2D eigenvalue weighted by Gasteiger charge is -2.26. The predicted molar refractivity (Wildman–Crippen MR) is 39.6 cm³/mol. The van der Waals surface area contributed by atoms with Crippen molar-refractivity contribution in [3.8, 4) is 0 Å². The molecule has 0 saturated heterocycles. The molecule has 1 aliphatic rings. The Morgan fingerprint density at radius 2 is 1.67 bits per heavy atom. The van der Waals surface area contributed by atoms with Gasteiger partial charge in [0, 0.05) is 12.4 Å². The second kappa shape index (κ2) is 2.95. The number of carbonyl (C=O) groups is 2. The maximum absolute atomic E-state index is 10.6. The molecule has 0 aromatic rings. The molecular formula is C6H7N3O3. The molecule has 0 aromatic carbocycles. The third kappa shape index (κ3) is 1.36. The molecule has 6 heteroatoms. The molecule has 3 amide bonds. The zero-order valence-corrected chi connectivity index (χ0v) is 6.04. The SMILES string of the molecule is NC(=O)N1C=CC=CN1C(=O)O. The molecule has 0 spiro atoms. The van der Waals surface area contributed by atoms with Gasteiger partial charge in [0.2, 0.25) is 0 Å². The normalized spacial score (nSPS) is 15.0. The molecule has 6 nitrogen and oxygen atoms in total. The second-order valence-electron chi connectivity index (χ2n) is 1.99.